The second kappa shape index (κ2) is 20.9. The van der Waals surface area contributed by atoms with Crippen LogP contribution in [0.3, 0.4) is 0 Å². The third kappa shape index (κ3) is 162. The van der Waals surface area contributed by atoms with Crippen molar-refractivity contribution >= 4 is 49.7 Å². The predicted octanol–water partition coefficient (Wildman–Crippen LogP) is -2.31. The molecule has 37 heavy (non-hydrogen) atoms. The van der Waals surface area contributed by atoms with E-state index in [1.165, 1.54) is 0 Å². The molecular weight excluding hydrogens is 668 g/mol. The molecule has 1 rings (SSSR count). The summed E-state index contributed by atoms with van der Waals surface area (Å²) in [5.74, 6) is -0.544. The Kier molecular flexibility index (Phi) is 28.2. The van der Waals surface area contributed by atoms with Gasteiger partial charge in [0.25, 0.3) is 10.1 Å². The maximum absolute atomic E-state index is 12.2. The van der Waals surface area contributed by atoms with Crippen LogP contribution in [0, 0.1) is 5.82 Å². The molecule has 0 aliphatic heterocycles. The Labute approximate surface area is 213 Å². The average molecular weight is 682 g/mol. The first-order valence-electron chi connectivity index (χ1n) is 6.47. The molecule has 0 aromatic heterocycles. The van der Waals surface area contributed by atoms with Crippen molar-refractivity contribution in [2.24, 2.45) is 0 Å². The van der Waals surface area contributed by atoms with Crippen LogP contribution in [-0.2, 0) is 32.9 Å². The van der Waals surface area contributed by atoms with Crippen molar-refractivity contribution in [3.63, 3.8) is 0 Å². The molecule has 1 aromatic carbocycles. The second-order valence-corrected chi connectivity index (χ2v) is 10.4. The molecule has 0 spiro atoms. The topological polar surface area (TPSA) is 345 Å². The smallest absolute Gasteiger partial charge is 0.753 e. The van der Waals surface area contributed by atoms with Crippen molar-refractivity contribution < 1.29 is 129 Å². The quantitative estimate of drug-likeness (QED) is 0.0643. The third-order valence-corrected chi connectivity index (χ3v) is 1.98. The van der Waals surface area contributed by atoms with Crippen LogP contribution >= 0.6 is 39.5 Å². The molecule has 1 atom stereocenters. The summed E-state index contributed by atoms with van der Waals surface area (Å²) in [4.78, 5) is 70.8. The van der Waals surface area contributed by atoms with E-state index >= 15 is 0 Å². The Morgan fingerprint density at radius 3 is 0.838 bits per heavy atom. The van der Waals surface area contributed by atoms with Crippen molar-refractivity contribution in [1.82, 2.24) is 0 Å². The molecule has 10 N–H and O–H groups in total. The Morgan fingerprint density at radius 1 is 0.595 bits per heavy atom. The van der Waals surface area contributed by atoms with Gasteiger partial charge in [-0.2, -0.15) is 12.6 Å². The molecule has 0 amide bonds. The largest absolute Gasteiger partial charge is 1.00 e. The van der Waals surface area contributed by atoms with E-state index in [0.717, 1.165) is 24.3 Å². The standard InChI is InChI=1S/C6H5FO3S.5FH2O3P.Li/c7-5-1-3-6(4-2-5)11(8,9)10;5*1-5(2,3)4;/h1-4H,(H,8,9,10);5*(H2,2,3,4);/q;;;;;;+1/p-1. The van der Waals surface area contributed by atoms with Crippen LogP contribution in [0.2, 0.25) is 0 Å². The van der Waals surface area contributed by atoms with Gasteiger partial charge in [-0.15, -0.1) is 16.8 Å². The minimum absolute atomic E-state index is 0. The molecule has 1 aromatic rings. The van der Waals surface area contributed by atoms with Gasteiger partial charge in [-0.25, -0.2) is 22.7 Å². The van der Waals surface area contributed by atoms with E-state index in [1.54, 1.807) is 0 Å². The van der Waals surface area contributed by atoms with Crippen molar-refractivity contribution in [2.45, 2.75) is 4.90 Å². The van der Waals surface area contributed by atoms with E-state index < -0.39 is 55.5 Å². The number of halogens is 6. The Bertz CT molecular complexity index is 915. The van der Waals surface area contributed by atoms with E-state index in [1.807, 2.05) is 0 Å². The van der Waals surface area contributed by atoms with Crippen molar-refractivity contribution in [3.05, 3.63) is 30.1 Å². The van der Waals surface area contributed by atoms with Crippen LogP contribution in [0.4, 0.5) is 25.4 Å². The fraction of sp³-hybridized carbons (Fsp3) is 0. The molecule has 0 fully saturated rings. The first-order chi connectivity index (χ1) is 15.0. The van der Waals surface area contributed by atoms with Gasteiger partial charge < -0.3 is 9.79 Å². The van der Waals surface area contributed by atoms with Gasteiger partial charge >= 0.3 is 58.4 Å². The van der Waals surface area contributed by atoms with Gasteiger partial charge in [0, 0.05) is 0 Å². The van der Waals surface area contributed by atoms with Gasteiger partial charge in [0.1, 0.15) is 5.82 Å². The molecule has 0 radical (unpaired) electrons. The zero-order valence-electron chi connectivity index (χ0n) is 17.0. The first-order valence-corrected chi connectivity index (χ1v) is 15.4. The normalized spacial score (nSPS) is 12.7. The molecule has 31 heteroatoms. The van der Waals surface area contributed by atoms with Gasteiger partial charge in [-0.1, -0.05) is 0 Å². The summed E-state index contributed by atoms with van der Waals surface area (Å²) in [5, 5.41) is 0. The van der Waals surface area contributed by atoms with E-state index in [0.29, 0.717) is 0 Å². The summed E-state index contributed by atoms with van der Waals surface area (Å²) in [7, 11) is -30.1. The monoisotopic (exact) mass is 682 g/mol. The molecule has 0 saturated carbocycles. The molecule has 0 aliphatic rings. The molecule has 0 saturated heterocycles. The van der Waals surface area contributed by atoms with Crippen LogP contribution in [0.25, 0.3) is 0 Å². The number of benzene rings is 1. The molecule has 0 aliphatic carbocycles. The third-order valence-electron chi connectivity index (χ3n) is 1.11. The fourth-order valence-electron chi connectivity index (χ4n) is 0.607. The first kappa shape index (κ1) is 49.9. The molecule has 220 valence electrons. The minimum Gasteiger partial charge on any atom is -0.753 e. The van der Waals surface area contributed by atoms with Crippen LogP contribution in [0.15, 0.2) is 29.2 Å². The van der Waals surface area contributed by atoms with Crippen molar-refractivity contribution in [2.75, 3.05) is 0 Å². The van der Waals surface area contributed by atoms with Crippen LogP contribution < -0.4 is 23.8 Å². The van der Waals surface area contributed by atoms with Gasteiger partial charge in [0.05, 0.1) is 4.90 Å². The summed E-state index contributed by atoms with van der Waals surface area (Å²) in [6, 6.07) is 3.90. The SMILES string of the molecule is O=P(O)(O)F.O=P(O)(O)F.O=P(O)(O)F.O=P(O)(O)F.O=P([O-])(O)F.O=S(=O)(O)c1ccc(F)cc1.[Li+]. The summed E-state index contributed by atoms with van der Waals surface area (Å²) in [6.45, 7) is 0. The van der Waals surface area contributed by atoms with E-state index in [4.69, 9.17) is 76.3 Å². The maximum Gasteiger partial charge on any atom is 1.00 e. The zero-order chi connectivity index (χ0) is 31.0. The van der Waals surface area contributed by atoms with Gasteiger partial charge in [0.15, 0.2) is 0 Å². The summed E-state index contributed by atoms with van der Waals surface area (Å²) < 4.78 is 136. The summed E-state index contributed by atoms with van der Waals surface area (Å²) in [5.41, 5.74) is 0. The zero-order valence-corrected chi connectivity index (χ0v) is 22.2. The number of hydrogen-bond donors (Lipinski definition) is 10. The Morgan fingerprint density at radius 2 is 0.730 bits per heavy atom. The van der Waals surface area contributed by atoms with Gasteiger partial charge in [-0.05, 0) is 24.3 Å². The fourth-order valence-corrected chi connectivity index (χ4v) is 1.09. The van der Waals surface area contributed by atoms with Crippen molar-refractivity contribution in [1.29, 1.82) is 0 Å². The Hall–Kier alpha value is 0.0574. The number of rotatable bonds is 1. The van der Waals surface area contributed by atoms with Crippen molar-refractivity contribution in [3.8, 4) is 0 Å². The number of hydrogen-bond acceptors (Lipinski definition) is 8. The maximum atomic E-state index is 12.2. The van der Waals surface area contributed by atoms with Gasteiger partial charge in [-0.3, -0.25) is 48.3 Å². The predicted molar refractivity (Wildman–Crippen MR) is 99.8 cm³/mol. The molecule has 18 nitrogen and oxygen atoms in total. The Balaban J connectivity index is -0.0000000812. The molecular formula is C6H14F6LiO18P5S. The van der Waals surface area contributed by atoms with E-state index in [9.17, 15) is 33.8 Å². The van der Waals surface area contributed by atoms with Crippen LogP contribution in [0.5, 0.6) is 0 Å². The summed E-state index contributed by atoms with van der Waals surface area (Å²) in [6.07, 6.45) is 0. The summed E-state index contributed by atoms with van der Waals surface area (Å²) >= 11 is 0. The second-order valence-electron chi connectivity index (χ2n) is 4.27. The molecule has 0 heterocycles. The van der Waals surface area contributed by atoms with Crippen LogP contribution in [-0.4, -0.2) is 57.0 Å². The average Bonchev–Trinajstić information content (AvgIpc) is 2.37. The van der Waals surface area contributed by atoms with E-state index in [-0.39, 0.29) is 23.8 Å². The van der Waals surface area contributed by atoms with Gasteiger partial charge in [0.2, 0.25) is 0 Å². The molecule has 0 bridgehead atoms. The van der Waals surface area contributed by atoms with E-state index in [2.05, 4.69) is 0 Å². The molecule has 1 unspecified atom stereocenters. The van der Waals surface area contributed by atoms with Crippen LogP contribution in [0.1, 0.15) is 0 Å². The minimum atomic E-state index is -5.39.